The second-order valence-electron chi connectivity index (χ2n) is 11.5. The lowest BCUT2D eigenvalue weighted by Crippen LogP contribution is -2.16. The molecule has 194 valence electrons. The van der Waals surface area contributed by atoms with E-state index in [1.54, 1.807) is 0 Å². The first kappa shape index (κ1) is 32.0. The summed E-state index contributed by atoms with van der Waals surface area (Å²) in [5, 5.41) is 0. The van der Waals surface area contributed by atoms with Crippen molar-refractivity contribution in [3.63, 3.8) is 0 Å². The van der Waals surface area contributed by atoms with Crippen LogP contribution in [-0.2, 0) is 0 Å². The van der Waals surface area contributed by atoms with Crippen molar-refractivity contribution in [2.75, 3.05) is 0 Å². The summed E-state index contributed by atoms with van der Waals surface area (Å²) in [5.74, 6) is 0. The number of hydrogen-bond acceptors (Lipinski definition) is 0. The van der Waals surface area contributed by atoms with Crippen LogP contribution in [0.25, 0.3) is 0 Å². The summed E-state index contributed by atoms with van der Waals surface area (Å²) in [6, 6.07) is 0. The van der Waals surface area contributed by atoms with Gasteiger partial charge in [-0.1, -0.05) is 182 Å². The van der Waals surface area contributed by atoms with Crippen molar-refractivity contribution in [1.29, 1.82) is 0 Å². The first-order valence-corrected chi connectivity index (χ1v) is 15.7. The molecule has 0 saturated heterocycles. The van der Waals surface area contributed by atoms with Crippen molar-refractivity contribution in [2.45, 2.75) is 201 Å². The van der Waals surface area contributed by atoms with E-state index in [4.69, 9.17) is 0 Å². The third-order valence-electron chi connectivity index (χ3n) is 7.90. The summed E-state index contributed by atoms with van der Waals surface area (Å²) in [6.07, 6.45) is 39.5. The molecule has 0 aromatic heterocycles. The topological polar surface area (TPSA) is 0 Å². The fraction of sp³-hybridized carbons (Fsp3) is 1.00. The van der Waals surface area contributed by atoms with Gasteiger partial charge in [0.15, 0.2) is 0 Å². The van der Waals surface area contributed by atoms with Crippen LogP contribution in [0.15, 0.2) is 0 Å². The average molecular weight is 451 g/mol. The summed E-state index contributed by atoms with van der Waals surface area (Å²) in [5.41, 5.74) is 0.632. The fourth-order valence-electron chi connectivity index (χ4n) is 5.43. The van der Waals surface area contributed by atoms with Gasteiger partial charge < -0.3 is 0 Å². The van der Waals surface area contributed by atoms with Gasteiger partial charge in [-0.15, -0.1) is 0 Å². The van der Waals surface area contributed by atoms with Crippen LogP contribution >= 0.6 is 0 Å². The molecule has 0 aliphatic carbocycles. The smallest absolute Gasteiger partial charge is 0.0326 e. The lowest BCUT2D eigenvalue weighted by Gasteiger charge is -2.30. The summed E-state index contributed by atoms with van der Waals surface area (Å²) in [6.45, 7) is 9.61. The van der Waals surface area contributed by atoms with E-state index in [1.165, 1.54) is 173 Å². The van der Waals surface area contributed by atoms with Gasteiger partial charge in [0.05, 0.1) is 0 Å². The first-order chi connectivity index (χ1) is 15.7. The highest BCUT2D eigenvalue weighted by atomic mass is 14.3. The monoisotopic (exact) mass is 451 g/mol. The van der Waals surface area contributed by atoms with Gasteiger partial charge in [-0.25, -0.2) is 0 Å². The lowest BCUT2D eigenvalue weighted by atomic mass is 9.75. The molecule has 0 nitrogen and oxygen atoms in total. The van der Waals surface area contributed by atoms with Crippen molar-refractivity contribution in [1.82, 2.24) is 0 Å². The van der Waals surface area contributed by atoms with Crippen LogP contribution < -0.4 is 0 Å². The molecule has 0 aliphatic heterocycles. The maximum absolute atomic E-state index is 2.65. The van der Waals surface area contributed by atoms with Gasteiger partial charge in [0.25, 0.3) is 0 Å². The fourth-order valence-corrected chi connectivity index (χ4v) is 5.43. The summed E-state index contributed by atoms with van der Waals surface area (Å²) in [4.78, 5) is 0. The van der Waals surface area contributed by atoms with E-state index < -0.39 is 0 Å². The zero-order valence-corrected chi connectivity index (χ0v) is 23.6. The molecule has 0 saturated carbocycles. The highest BCUT2D eigenvalue weighted by molar-refractivity contribution is 4.75. The van der Waals surface area contributed by atoms with Crippen LogP contribution in [0.5, 0.6) is 0 Å². The predicted octanol–water partition coefficient (Wildman–Crippen LogP) is 12.6. The largest absolute Gasteiger partial charge is 0.0654 e. The molecule has 0 bridgehead atoms. The van der Waals surface area contributed by atoms with Gasteiger partial charge in [0.2, 0.25) is 0 Å². The molecular weight excluding hydrogens is 384 g/mol. The Labute approximate surface area is 206 Å². The Bertz CT molecular complexity index is 281. The molecule has 0 unspecified atom stereocenters. The molecule has 0 spiro atoms. The first-order valence-electron chi connectivity index (χ1n) is 15.7. The number of rotatable bonds is 27. The molecule has 0 fully saturated rings. The van der Waals surface area contributed by atoms with E-state index >= 15 is 0 Å². The highest BCUT2D eigenvalue weighted by Crippen LogP contribution is 2.37. The van der Waals surface area contributed by atoms with E-state index in [9.17, 15) is 0 Å². The second kappa shape index (κ2) is 25.6. The minimum atomic E-state index is 0.632. The van der Waals surface area contributed by atoms with Gasteiger partial charge in [0, 0.05) is 0 Å². The van der Waals surface area contributed by atoms with Gasteiger partial charge in [0.1, 0.15) is 0 Å². The lowest BCUT2D eigenvalue weighted by molar-refractivity contribution is 0.222. The maximum Gasteiger partial charge on any atom is -0.0326 e. The van der Waals surface area contributed by atoms with Crippen LogP contribution in [0, 0.1) is 5.41 Å². The number of unbranched alkanes of at least 4 members (excludes halogenated alkanes) is 21. The maximum atomic E-state index is 2.65. The van der Waals surface area contributed by atoms with E-state index in [0.29, 0.717) is 5.41 Å². The van der Waals surface area contributed by atoms with E-state index in [0.717, 1.165) is 0 Å². The second-order valence-corrected chi connectivity index (χ2v) is 11.5. The van der Waals surface area contributed by atoms with Crippen LogP contribution in [0.2, 0.25) is 0 Å². The summed E-state index contributed by atoms with van der Waals surface area (Å²) < 4.78 is 0. The van der Waals surface area contributed by atoms with Crippen molar-refractivity contribution < 1.29 is 0 Å². The van der Waals surface area contributed by atoms with Crippen LogP contribution in [0.1, 0.15) is 201 Å². The number of hydrogen-bond donors (Lipinski definition) is 0. The average Bonchev–Trinajstić information content (AvgIpc) is 2.79. The van der Waals surface area contributed by atoms with Gasteiger partial charge in [-0.2, -0.15) is 0 Å². The molecular formula is C32H66. The molecule has 0 aromatic carbocycles. The Balaban J connectivity index is 4.04. The van der Waals surface area contributed by atoms with E-state index in [2.05, 4.69) is 27.7 Å². The third kappa shape index (κ3) is 23.2. The third-order valence-corrected chi connectivity index (χ3v) is 7.90. The summed E-state index contributed by atoms with van der Waals surface area (Å²) >= 11 is 0. The molecule has 0 radical (unpaired) electrons. The van der Waals surface area contributed by atoms with Crippen molar-refractivity contribution in [3.05, 3.63) is 0 Å². The van der Waals surface area contributed by atoms with Crippen molar-refractivity contribution >= 4 is 0 Å². The van der Waals surface area contributed by atoms with Crippen LogP contribution in [0.4, 0.5) is 0 Å². The molecule has 0 heteroatoms. The Hall–Kier alpha value is 0. The standard InChI is InChI=1S/C32H66/c1-5-8-11-14-17-20-23-26-29-32(4,30-27-24-21-18-15-12-9-6-2)31-28-25-22-19-16-13-10-7-3/h5-31H2,1-4H3. The van der Waals surface area contributed by atoms with Crippen LogP contribution in [0.3, 0.4) is 0 Å². The van der Waals surface area contributed by atoms with Gasteiger partial charge >= 0.3 is 0 Å². The minimum absolute atomic E-state index is 0.632. The zero-order valence-electron chi connectivity index (χ0n) is 23.6. The SMILES string of the molecule is CCCCCCCCCCC(C)(CCCCCCCCCC)CCCCCCCCCC. The predicted molar refractivity (Wildman–Crippen MR) is 150 cm³/mol. The highest BCUT2D eigenvalue weighted by Gasteiger charge is 2.22. The van der Waals surface area contributed by atoms with Crippen LogP contribution in [-0.4, -0.2) is 0 Å². The molecule has 0 atom stereocenters. The molecule has 32 heavy (non-hydrogen) atoms. The Morgan fingerprint density at radius 2 is 0.469 bits per heavy atom. The molecule has 0 amide bonds. The van der Waals surface area contributed by atoms with Gasteiger partial charge in [-0.3, -0.25) is 0 Å². The van der Waals surface area contributed by atoms with E-state index in [1.807, 2.05) is 0 Å². The zero-order chi connectivity index (χ0) is 23.6. The Kier molecular flexibility index (Phi) is 25.6. The quantitative estimate of drug-likeness (QED) is 0.109. The van der Waals surface area contributed by atoms with E-state index in [-0.39, 0.29) is 0 Å². The van der Waals surface area contributed by atoms with Crippen molar-refractivity contribution in [3.8, 4) is 0 Å². The minimum Gasteiger partial charge on any atom is -0.0654 e. The normalized spacial score (nSPS) is 12.0. The molecule has 0 aliphatic rings. The summed E-state index contributed by atoms with van der Waals surface area (Å²) in [7, 11) is 0. The molecule has 0 aromatic rings. The molecule has 0 rings (SSSR count). The van der Waals surface area contributed by atoms with Crippen molar-refractivity contribution in [2.24, 2.45) is 5.41 Å². The Morgan fingerprint density at radius 1 is 0.281 bits per heavy atom. The molecule has 0 heterocycles. The van der Waals surface area contributed by atoms with Gasteiger partial charge in [-0.05, 0) is 24.7 Å². The molecule has 0 N–H and O–H groups in total. The Morgan fingerprint density at radius 3 is 0.688 bits per heavy atom.